The topological polar surface area (TPSA) is 0 Å². The van der Waals surface area contributed by atoms with E-state index in [0.717, 1.165) is 24.2 Å². The minimum Gasteiger partial charge on any atom is -0.0999 e. The van der Waals surface area contributed by atoms with Gasteiger partial charge in [-0.3, -0.25) is 0 Å². The van der Waals surface area contributed by atoms with Crippen LogP contribution in [0.3, 0.4) is 0 Å². The van der Waals surface area contributed by atoms with Gasteiger partial charge in [0.05, 0.1) is 0 Å². The number of allylic oxidation sites excluding steroid dienone is 1. The lowest BCUT2D eigenvalue weighted by atomic mass is 10.1. The molecule has 1 rings (SSSR count). The van der Waals surface area contributed by atoms with Gasteiger partial charge in [0.15, 0.2) is 0 Å². The summed E-state index contributed by atoms with van der Waals surface area (Å²) in [7, 11) is 0. The molecule has 0 nitrogen and oxygen atoms in total. The summed E-state index contributed by atoms with van der Waals surface area (Å²) in [5.74, 6) is 2.98. The van der Waals surface area contributed by atoms with Crippen molar-refractivity contribution in [3.63, 3.8) is 0 Å². The highest BCUT2D eigenvalue weighted by atomic mass is 14.5. The van der Waals surface area contributed by atoms with Gasteiger partial charge in [0.25, 0.3) is 0 Å². The Labute approximate surface area is 70.7 Å². The Morgan fingerprint density at radius 3 is 2.18 bits per heavy atom. The molecule has 64 valence electrons. The number of hydrogen-bond donors (Lipinski definition) is 0. The molecule has 0 aromatic carbocycles. The second-order valence-corrected chi connectivity index (χ2v) is 4.02. The molecule has 0 heteroatoms. The molecule has 0 amide bonds. The van der Waals surface area contributed by atoms with Gasteiger partial charge in [-0.2, -0.15) is 0 Å². The predicted octanol–water partition coefficient (Wildman–Crippen LogP) is 3.63. The average Bonchev–Trinajstić information content (AvgIpc) is 2.56. The SMILES string of the molecule is C=C(CC)CCC1C(C)C1C. The molecule has 0 N–H and O–H groups in total. The van der Waals surface area contributed by atoms with E-state index in [1.54, 1.807) is 0 Å². The van der Waals surface area contributed by atoms with E-state index < -0.39 is 0 Å². The molecule has 0 bridgehead atoms. The molecule has 0 aromatic rings. The summed E-state index contributed by atoms with van der Waals surface area (Å²) in [4.78, 5) is 0. The molecule has 11 heavy (non-hydrogen) atoms. The Morgan fingerprint density at radius 2 is 1.82 bits per heavy atom. The first kappa shape index (κ1) is 8.83. The van der Waals surface area contributed by atoms with Crippen molar-refractivity contribution in [2.75, 3.05) is 0 Å². The summed E-state index contributed by atoms with van der Waals surface area (Å²) in [6.45, 7) is 10.9. The van der Waals surface area contributed by atoms with Gasteiger partial charge in [-0.1, -0.05) is 32.9 Å². The monoisotopic (exact) mass is 152 g/mol. The zero-order valence-electron chi connectivity index (χ0n) is 8.06. The van der Waals surface area contributed by atoms with Gasteiger partial charge in [0, 0.05) is 0 Å². The van der Waals surface area contributed by atoms with Crippen molar-refractivity contribution in [3.8, 4) is 0 Å². The lowest BCUT2D eigenvalue weighted by Gasteiger charge is -2.00. The lowest BCUT2D eigenvalue weighted by Crippen LogP contribution is -1.84. The third-order valence-corrected chi connectivity index (χ3v) is 3.37. The minimum atomic E-state index is 0.986. The summed E-state index contributed by atoms with van der Waals surface area (Å²) in [6, 6.07) is 0. The van der Waals surface area contributed by atoms with Crippen molar-refractivity contribution >= 4 is 0 Å². The zero-order valence-corrected chi connectivity index (χ0v) is 8.06. The van der Waals surface area contributed by atoms with Gasteiger partial charge in [0.2, 0.25) is 0 Å². The van der Waals surface area contributed by atoms with Crippen LogP contribution in [0.4, 0.5) is 0 Å². The van der Waals surface area contributed by atoms with E-state index >= 15 is 0 Å². The van der Waals surface area contributed by atoms with Crippen molar-refractivity contribution in [2.45, 2.75) is 40.0 Å². The minimum absolute atomic E-state index is 0.986. The molecule has 0 aliphatic heterocycles. The van der Waals surface area contributed by atoms with Crippen LogP contribution in [0.5, 0.6) is 0 Å². The first-order chi connectivity index (χ1) is 5.16. The van der Waals surface area contributed by atoms with Crippen molar-refractivity contribution in [1.29, 1.82) is 0 Å². The quantitative estimate of drug-likeness (QED) is 0.539. The molecule has 1 aliphatic carbocycles. The second-order valence-electron chi connectivity index (χ2n) is 4.02. The summed E-state index contributed by atoms with van der Waals surface area (Å²) < 4.78 is 0. The highest BCUT2D eigenvalue weighted by Crippen LogP contribution is 2.48. The third kappa shape index (κ3) is 2.08. The summed E-state index contributed by atoms with van der Waals surface area (Å²) in [5.41, 5.74) is 1.43. The Bertz CT molecular complexity index is 138. The zero-order chi connectivity index (χ0) is 8.43. The van der Waals surface area contributed by atoms with E-state index in [4.69, 9.17) is 0 Å². The summed E-state index contributed by atoms with van der Waals surface area (Å²) in [5, 5.41) is 0. The van der Waals surface area contributed by atoms with E-state index in [1.165, 1.54) is 18.4 Å². The second kappa shape index (κ2) is 3.42. The van der Waals surface area contributed by atoms with Crippen LogP contribution in [0.15, 0.2) is 12.2 Å². The van der Waals surface area contributed by atoms with Gasteiger partial charge in [0.1, 0.15) is 0 Å². The molecule has 0 aromatic heterocycles. The van der Waals surface area contributed by atoms with Crippen molar-refractivity contribution in [2.24, 2.45) is 17.8 Å². The molecule has 2 atom stereocenters. The normalized spacial score (nSPS) is 35.4. The van der Waals surface area contributed by atoms with Crippen LogP contribution in [-0.2, 0) is 0 Å². The van der Waals surface area contributed by atoms with Gasteiger partial charge in [-0.25, -0.2) is 0 Å². The molecule has 1 aliphatic rings. The van der Waals surface area contributed by atoms with Gasteiger partial charge >= 0.3 is 0 Å². The maximum Gasteiger partial charge on any atom is -0.0320 e. The average molecular weight is 152 g/mol. The van der Waals surface area contributed by atoms with E-state index in [1.807, 2.05) is 0 Å². The first-order valence-electron chi connectivity index (χ1n) is 4.83. The molecule has 1 fully saturated rings. The molecule has 0 radical (unpaired) electrons. The third-order valence-electron chi connectivity index (χ3n) is 3.37. The Hall–Kier alpha value is -0.260. The molecular weight excluding hydrogens is 132 g/mol. The molecule has 0 saturated heterocycles. The predicted molar refractivity (Wildman–Crippen MR) is 50.5 cm³/mol. The Morgan fingerprint density at radius 1 is 1.27 bits per heavy atom. The fraction of sp³-hybridized carbons (Fsp3) is 0.818. The summed E-state index contributed by atoms with van der Waals surface area (Å²) >= 11 is 0. The molecule has 0 heterocycles. The van der Waals surface area contributed by atoms with Crippen LogP contribution in [0.1, 0.15) is 40.0 Å². The fourth-order valence-corrected chi connectivity index (χ4v) is 1.84. The maximum absolute atomic E-state index is 4.02. The van der Waals surface area contributed by atoms with Gasteiger partial charge in [-0.15, -0.1) is 0 Å². The summed E-state index contributed by atoms with van der Waals surface area (Å²) in [6.07, 6.45) is 3.81. The van der Waals surface area contributed by atoms with E-state index in [-0.39, 0.29) is 0 Å². The van der Waals surface area contributed by atoms with E-state index in [9.17, 15) is 0 Å². The largest absolute Gasteiger partial charge is 0.0999 e. The Kier molecular flexibility index (Phi) is 2.75. The van der Waals surface area contributed by atoms with Crippen LogP contribution in [0.25, 0.3) is 0 Å². The van der Waals surface area contributed by atoms with Crippen molar-refractivity contribution in [1.82, 2.24) is 0 Å². The molecular formula is C11H20. The molecule has 1 saturated carbocycles. The maximum atomic E-state index is 4.02. The van der Waals surface area contributed by atoms with Crippen LogP contribution in [0, 0.1) is 17.8 Å². The van der Waals surface area contributed by atoms with Crippen LogP contribution in [0.2, 0.25) is 0 Å². The Balaban J connectivity index is 2.10. The lowest BCUT2D eigenvalue weighted by molar-refractivity contribution is 0.646. The smallest absolute Gasteiger partial charge is 0.0320 e. The van der Waals surface area contributed by atoms with Crippen LogP contribution in [-0.4, -0.2) is 0 Å². The molecule has 2 unspecified atom stereocenters. The van der Waals surface area contributed by atoms with E-state index in [0.29, 0.717) is 0 Å². The van der Waals surface area contributed by atoms with Crippen LogP contribution < -0.4 is 0 Å². The van der Waals surface area contributed by atoms with E-state index in [2.05, 4.69) is 27.4 Å². The molecule has 0 spiro atoms. The standard InChI is InChI=1S/C11H20/c1-5-8(2)6-7-11-9(3)10(11)4/h9-11H,2,5-7H2,1,3-4H3. The van der Waals surface area contributed by atoms with Crippen molar-refractivity contribution < 1.29 is 0 Å². The first-order valence-corrected chi connectivity index (χ1v) is 4.83. The van der Waals surface area contributed by atoms with Crippen LogP contribution >= 0.6 is 0 Å². The van der Waals surface area contributed by atoms with Crippen molar-refractivity contribution in [3.05, 3.63) is 12.2 Å². The van der Waals surface area contributed by atoms with Gasteiger partial charge in [-0.05, 0) is 37.0 Å². The van der Waals surface area contributed by atoms with Gasteiger partial charge < -0.3 is 0 Å². The highest BCUT2D eigenvalue weighted by molar-refractivity contribution is 4.97. The highest BCUT2D eigenvalue weighted by Gasteiger charge is 2.41. The number of rotatable bonds is 4. The fourth-order valence-electron chi connectivity index (χ4n) is 1.84. The number of hydrogen-bond acceptors (Lipinski definition) is 0.